The second-order valence-corrected chi connectivity index (χ2v) is 6.39. The van der Waals surface area contributed by atoms with Crippen molar-refractivity contribution in [2.45, 2.75) is 19.0 Å². The highest BCUT2D eigenvalue weighted by atomic mass is 32.2. The van der Waals surface area contributed by atoms with Crippen LogP contribution in [0.4, 0.5) is 4.79 Å². The molecule has 3 aromatic rings. The van der Waals surface area contributed by atoms with E-state index in [2.05, 4.69) is 20.3 Å². The van der Waals surface area contributed by atoms with Crippen LogP contribution in [0.1, 0.15) is 12.5 Å². The van der Waals surface area contributed by atoms with Crippen molar-refractivity contribution in [1.29, 1.82) is 0 Å². The highest BCUT2D eigenvalue weighted by Gasteiger charge is 2.15. The lowest BCUT2D eigenvalue weighted by Crippen LogP contribution is -2.32. The fourth-order valence-electron chi connectivity index (χ4n) is 2.57. The van der Waals surface area contributed by atoms with E-state index in [9.17, 15) is 9.59 Å². The monoisotopic (exact) mass is 374 g/mol. The first-order valence-electron chi connectivity index (χ1n) is 7.95. The van der Waals surface area contributed by atoms with Crippen LogP contribution in [0.5, 0.6) is 5.75 Å². The smallest absolute Gasteiger partial charge is 0.413 e. The number of aromatic nitrogens is 3. The molecule has 0 fully saturated rings. The summed E-state index contributed by atoms with van der Waals surface area (Å²) in [4.78, 5) is 23.2. The highest BCUT2D eigenvalue weighted by molar-refractivity contribution is 7.99. The van der Waals surface area contributed by atoms with Gasteiger partial charge < -0.3 is 9.47 Å². The van der Waals surface area contributed by atoms with Crippen molar-refractivity contribution < 1.29 is 19.1 Å². The Bertz CT molecular complexity index is 986. The molecule has 0 saturated carbocycles. The van der Waals surface area contributed by atoms with Gasteiger partial charge in [-0.3, -0.25) is 14.5 Å². The summed E-state index contributed by atoms with van der Waals surface area (Å²) in [5.74, 6) is 0.271. The number of nitrogens with one attached hydrogen (secondary N) is 1. The lowest BCUT2D eigenvalue weighted by Gasteiger charge is -2.09. The first-order valence-corrected chi connectivity index (χ1v) is 8.94. The van der Waals surface area contributed by atoms with Gasteiger partial charge in [0, 0.05) is 11.5 Å². The van der Waals surface area contributed by atoms with Crippen LogP contribution in [0.15, 0.2) is 29.4 Å². The predicted molar refractivity (Wildman–Crippen MR) is 97.7 cm³/mol. The van der Waals surface area contributed by atoms with Gasteiger partial charge in [0.25, 0.3) is 0 Å². The molecule has 9 heteroatoms. The number of ether oxygens (including phenoxy) is 2. The average molecular weight is 374 g/mol. The van der Waals surface area contributed by atoms with Crippen LogP contribution in [0, 0.1) is 6.92 Å². The number of carbonyl (C=O) groups excluding carboxylic acids is 2. The van der Waals surface area contributed by atoms with Gasteiger partial charge >= 0.3 is 6.09 Å². The molecule has 0 bridgehead atoms. The van der Waals surface area contributed by atoms with Gasteiger partial charge in [-0.15, -0.1) is 10.2 Å². The standard InChI is InChI=1S/C17H18N4O4S/c1-4-25-17(23)18-15(22)9-26-16-20-19-14-7-10(2)12-6-5-11(24-3)8-13(12)21(14)16/h5-8H,4,9H2,1-3H3,(H,18,22,23). The third kappa shape index (κ3) is 3.57. The van der Waals surface area contributed by atoms with Gasteiger partial charge in [-0.1, -0.05) is 11.8 Å². The fraction of sp³-hybridized carbons (Fsp3) is 0.294. The molecule has 0 aliphatic carbocycles. The quantitative estimate of drug-likeness (QED) is 0.686. The Kier molecular flexibility index (Phi) is 5.27. The van der Waals surface area contributed by atoms with E-state index in [0.29, 0.717) is 16.6 Å². The van der Waals surface area contributed by atoms with Crippen molar-refractivity contribution in [3.63, 3.8) is 0 Å². The first-order chi connectivity index (χ1) is 12.5. The molecule has 2 heterocycles. The topological polar surface area (TPSA) is 94.8 Å². The van der Waals surface area contributed by atoms with Crippen molar-refractivity contribution in [3.8, 4) is 5.75 Å². The maximum Gasteiger partial charge on any atom is 0.413 e. The summed E-state index contributed by atoms with van der Waals surface area (Å²) in [5, 5.41) is 12.1. The van der Waals surface area contributed by atoms with Gasteiger partial charge in [0.2, 0.25) is 5.91 Å². The van der Waals surface area contributed by atoms with Crippen LogP contribution < -0.4 is 10.1 Å². The molecule has 136 valence electrons. The molecule has 8 nitrogen and oxygen atoms in total. The van der Waals surface area contributed by atoms with Crippen LogP contribution in [0.3, 0.4) is 0 Å². The first kappa shape index (κ1) is 18.0. The zero-order valence-electron chi connectivity index (χ0n) is 14.6. The zero-order valence-corrected chi connectivity index (χ0v) is 15.4. The van der Waals surface area contributed by atoms with E-state index >= 15 is 0 Å². The van der Waals surface area contributed by atoms with Gasteiger partial charge in [0.05, 0.1) is 25.0 Å². The number of hydrogen-bond donors (Lipinski definition) is 1. The number of fused-ring (bicyclic) bond motifs is 3. The third-order valence-electron chi connectivity index (χ3n) is 3.72. The molecule has 2 amide bonds. The Balaban J connectivity index is 1.91. The number of hydrogen-bond acceptors (Lipinski definition) is 7. The molecule has 1 N–H and O–H groups in total. The number of alkyl carbamates (subject to hydrolysis) is 1. The van der Waals surface area contributed by atoms with Crippen LogP contribution in [-0.4, -0.2) is 46.1 Å². The molecule has 26 heavy (non-hydrogen) atoms. The number of imide groups is 1. The van der Waals surface area contributed by atoms with Crippen molar-refractivity contribution in [1.82, 2.24) is 19.9 Å². The number of aryl methyl sites for hydroxylation is 1. The summed E-state index contributed by atoms with van der Waals surface area (Å²) in [6.45, 7) is 3.87. The zero-order chi connectivity index (χ0) is 18.7. The summed E-state index contributed by atoms with van der Waals surface area (Å²) >= 11 is 1.19. The van der Waals surface area contributed by atoms with E-state index in [1.54, 1.807) is 14.0 Å². The number of carbonyl (C=O) groups is 2. The van der Waals surface area contributed by atoms with Crippen molar-refractivity contribution >= 4 is 40.3 Å². The van der Waals surface area contributed by atoms with E-state index < -0.39 is 12.0 Å². The summed E-state index contributed by atoms with van der Waals surface area (Å²) in [6.07, 6.45) is -0.755. The van der Waals surface area contributed by atoms with Gasteiger partial charge in [-0.05, 0) is 37.6 Å². The molecule has 0 atom stereocenters. The summed E-state index contributed by atoms with van der Waals surface area (Å²) in [7, 11) is 1.61. The molecule has 0 spiro atoms. The molecule has 3 rings (SSSR count). The van der Waals surface area contributed by atoms with E-state index in [0.717, 1.165) is 16.5 Å². The van der Waals surface area contributed by atoms with E-state index in [-0.39, 0.29) is 12.4 Å². The lowest BCUT2D eigenvalue weighted by molar-refractivity contribution is -0.117. The molecule has 2 aromatic heterocycles. The van der Waals surface area contributed by atoms with Crippen LogP contribution in [-0.2, 0) is 9.53 Å². The maximum absolute atomic E-state index is 11.9. The van der Waals surface area contributed by atoms with Crippen LogP contribution in [0.25, 0.3) is 16.6 Å². The summed E-state index contributed by atoms with van der Waals surface area (Å²) in [5.41, 5.74) is 2.63. The highest BCUT2D eigenvalue weighted by Crippen LogP contribution is 2.28. The number of nitrogens with zero attached hydrogens (tertiary/aromatic N) is 3. The Morgan fingerprint density at radius 2 is 2.08 bits per heavy atom. The predicted octanol–water partition coefficient (Wildman–Crippen LogP) is 2.56. The minimum atomic E-state index is -0.755. The number of methoxy groups -OCH3 is 1. The number of benzene rings is 1. The fourth-order valence-corrected chi connectivity index (χ4v) is 3.32. The van der Waals surface area contributed by atoms with Crippen LogP contribution >= 0.6 is 11.8 Å². The molecule has 0 radical (unpaired) electrons. The van der Waals surface area contributed by atoms with Gasteiger partial charge in [-0.2, -0.15) is 0 Å². The molecule has 0 unspecified atom stereocenters. The summed E-state index contributed by atoms with van der Waals surface area (Å²) < 4.78 is 11.9. The lowest BCUT2D eigenvalue weighted by atomic mass is 10.1. The van der Waals surface area contributed by atoms with Gasteiger partial charge in [0.1, 0.15) is 5.75 Å². The molecule has 0 aliphatic rings. The minimum absolute atomic E-state index is 0.0128. The van der Waals surface area contributed by atoms with Crippen molar-refractivity contribution in [3.05, 3.63) is 29.8 Å². The Morgan fingerprint density at radius 3 is 2.81 bits per heavy atom. The third-order valence-corrected chi connectivity index (χ3v) is 4.65. The normalized spacial score (nSPS) is 10.9. The van der Waals surface area contributed by atoms with Crippen LogP contribution in [0.2, 0.25) is 0 Å². The summed E-state index contributed by atoms with van der Waals surface area (Å²) in [6, 6.07) is 7.71. The molecule has 1 aromatic carbocycles. The maximum atomic E-state index is 11.9. The second kappa shape index (κ2) is 7.61. The van der Waals surface area contributed by atoms with E-state index in [4.69, 9.17) is 4.74 Å². The molecule has 0 aliphatic heterocycles. The average Bonchev–Trinajstić information content (AvgIpc) is 3.02. The van der Waals surface area contributed by atoms with Gasteiger partial charge in [-0.25, -0.2) is 4.79 Å². The van der Waals surface area contributed by atoms with Crippen molar-refractivity contribution in [2.75, 3.05) is 19.5 Å². The number of pyridine rings is 1. The molecule has 0 saturated heterocycles. The van der Waals surface area contributed by atoms with E-state index in [1.807, 2.05) is 35.6 Å². The largest absolute Gasteiger partial charge is 0.497 e. The Hall–Kier alpha value is -2.81. The SMILES string of the molecule is CCOC(=O)NC(=O)CSc1nnc2cc(C)c3ccc(OC)cc3n12. The van der Waals surface area contributed by atoms with E-state index in [1.165, 1.54) is 11.8 Å². The Morgan fingerprint density at radius 1 is 1.27 bits per heavy atom. The number of amides is 2. The van der Waals surface area contributed by atoms with Gasteiger partial charge in [0.15, 0.2) is 10.8 Å². The number of thioether (sulfide) groups is 1. The van der Waals surface area contributed by atoms with Crippen molar-refractivity contribution in [2.24, 2.45) is 0 Å². The molecular formula is C17H18N4O4S. The molecular weight excluding hydrogens is 356 g/mol. The second-order valence-electron chi connectivity index (χ2n) is 5.44. The minimum Gasteiger partial charge on any atom is -0.497 e. The Labute approximate surface area is 153 Å². The number of rotatable bonds is 5.